The van der Waals surface area contributed by atoms with E-state index in [0.29, 0.717) is 22.3 Å². The second-order valence-electron chi connectivity index (χ2n) is 6.89. The summed E-state index contributed by atoms with van der Waals surface area (Å²) in [4.78, 5) is 38.2. The van der Waals surface area contributed by atoms with Crippen LogP contribution in [0.5, 0.6) is 5.75 Å². The van der Waals surface area contributed by atoms with Gasteiger partial charge in [-0.05, 0) is 48.9 Å². The monoisotopic (exact) mass is 527 g/mol. The topological polar surface area (TPSA) is 94.8 Å². The quantitative estimate of drug-likeness (QED) is 0.254. The number of benzene rings is 2. The molecule has 0 aliphatic rings. The Morgan fingerprint density at radius 3 is 2.58 bits per heavy atom. The molecule has 0 bridgehead atoms. The Labute approximate surface area is 201 Å². The Hall–Kier alpha value is -3.43. The second-order valence-corrected chi connectivity index (χ2v) is 8.68. The van der Waals surface area contributed by atoms with Crippen molar-refractivity contribution in [1.82, 2.24) is 0 Å². The summed E-state index contributed by atoms with van der Waals surface area (Å²) in [5, 5.41) is 5.26. The summed E-state index contributed by atoms with van der Waals surface area (Å²) in [7, 11) is 1.52. The number of amides is 1. The molecule has 1 N–H and O–H groups in total. The standard InChI is InChI=1S/C24H18BrNO6S/c1-3-31-24(29)20-18(13-4-6-15(25)7-5-13)12-33-22(20)26-21(27)17-11-14-10-16(30-2)8-9-19(14)32-23(17)28/h4-12H,3H2,1-2H3,(H,26,27). The van der Waals surface area contributed by atoms with E-state index in [0.717, 1.165) is 10.0 Å². The molecule has 1 amide bonds. The van der Waals surface area contributed by atoms with Crippen molar-refractivity contribution in [3.63, 3.8) is 0 Å². The van der Waals surface area contributed by atoms with Crippen LogP contribution in [0, 0.1) is 0 Å². The lowest BCUT2D eigenvalue weighted by Gasteiger charge is -2.09. The number of fused-ring (bicyclic) bond motifs is 1. The van der Waals surface area contributed by atoms with E-state index in [1.807, 2.05) is 24.3 Å². The molecule has 2 heterocycles. The van der Waals surface area contributed by atoms with Crippen LogP contribution in [0.15, 0.2) is 67.6 Å². The van der Waals surface area contributed by atoms with Gasteiger partial charge in [0.1, 0.15) is 27.5 Å². The Morgan fingerprint density at radius 2 is 1.88 bits per heavy atom. The zero-order valence-electron chi connectivity index (χ0n) is 17.6. The van der Waals surface area contributed by atoms with Gasteiger partial charge in [0.25, 0.3) is 5.91 Å². The molecule has 4 aromatic rings. The molecular formula is C24H18BrNO6S. The van der Waals surface area contributed by atoms with Gasteiger partial charge in [0, 0.05) is 20.8 Å². The zero-order valence-corrected chi connectivity index (χ0v) is 20.0. The number of methoxy groups -OCH3 is 1. The number of ether oxygens (including phenoxy) is 2. The summed E-state index contributed by atoms with van der Waals surface area (Å²) in [5.41, 5.74) is 0.992. The molecule has 7 nitrogen and oxygen atoms in total. The SMILES string of the molecule is CCOC(=O)c1c(-c2ccc(Br)cc2)csc1NC(=O)c1cc2cc(OC)ccc2oc1=O. The lowest BCUT2D eigenvalue weighted by molar-refractivity contribution is 0.0529. The van der Waals surface area contributed by atoms with Crippen molar-refractivity contribution in [1.29, 1.82) is 0 Å². The summed E-state index contributed by atoms with van der Waals surface area (Å²) in [6.45, 7) is 1.88. The summed E-state index contributed by atoms with van der Waals surface area (Å²) in [5.74, 6) is -0.699. The average molecular weight is 528 g/mol. The minimum Gasteiger partial charge on any atom is -0.497 e. The summed E-state index contributed by atoms with van der Waals surface area (Å²) >= 11 is 4.57. The first-order chi connectivity index (χ1) is 15.9. The largest absolute Gasteiger partial charge is 0.497 e. The van der Waals surface area contributed by atoms with Gasteiger partial charge in [-0.3, -0.25) is 4.79 Å². The van der Waals surface area contributed by atoms with E-state index in [2.05, 4.69) is 21.2 Å². The van der Waals surface area contributed by atoms with Gasteiger partial charge in [-0.2, -0.15) is 0 Å². The van der Waals surface area contributed by atoms with Gasteiger partial charge in [0.2, 0.25) is 0 Å². The van der Waals surface area contributed by atoms with Gasteiger partial charge in [0.15, 0.2) is 0 Å². The Kier molecular flexibility index (Phi) is 6.62. The maximum Gasteiger partial charge on any atom is 0.349 e. The maximum absolute atomic E-state index is 13.0. The lowest BCUT2D eigenvalue weighted by Crippen LogP contribution is -2.21. The summed E-state index contributed by atoms with van der Waals surface area (Å²) < 4.78 is 16.6. The molecule has 0 aliphatic heterocycles. The van der Waals surface area contributed by atoms with Crippen LogP contribution in [0.3, 0.4) is 0 Å². The van der Waals surface area contributed by atoms with Gasteiger partial charge in [0.05, 0.1) is 13.7 Å². The lowest BCUT2D eigenvalue weighted by atomic mass is 10.0. The highest BCUT2D eigenvalue weighted by Gasteiger charge is 2.24. The van der Waals surface area contributed by atoms with E-state index in [9.17, 15) is 14.4 Å². The van der Waals surface area contributed by atoms with Crippen molar-refractivity contribution in [2.75, 3.05) is 19.0 Å². The van der Waals surface area contributed by atoms with Crippen LogP contribution in [-0.4, -0.2) is 25.6 Å². The highest BCUT2D eigenvalue weighted by Crippen LogP contribution is 2.37. The van der Waals surface area contributed by atoms with Gasteiger partial charge in [-0.25, -0.2) is 9.59 Å². The zero-order chi connectivity index (χ0) is 23.5. The van der Waals surface area contributed by atoms with Gasteiger partial charge >= 0.3 is 11.6 Å². The van der Waals surface area contributed by atoms with E-state index in [1.165, 1.54) is 24.5 Å². The molecule has 0 saturated carbocycles. The van der Waals surface area contributed by atoms with Gasteiger partial charge in [-0.15, -0.1) is 11.3 Å². The van der Waals surface area contributed by atoms with Crippen molar-refractivity contribution >= 4 is 55.1 Å². The summed E-state index contributed by atoms with van der Waals surface area (Å²) in [6, 6.07) is 13.8. The van der Waals surface area contributed by atoms with E-state index in [-0.39, 0.29) is 22.7 Å². The smallest absolute Gasteiger partial charge is 0.349 e. The third kappa shape index (κ3) is 4.69. The first kappa shape index (κ1) is 22.8. The predicted molar refractivity (Wildman–Crippen MR) is 130 cm³/mol. The number of hydrogen-bond donors (Lipinski definition) is 1. The van der Waals surface area contributed by atoms with Gasteiger partial charge in [-0.1, -0.05) is 28.1 Å². The van der Waals surface area contributed by atoms with Crippen LogP contribution in [0.1, 0.15) is 27.6 Å². The number of rotatable bonds is 6. The molecule has 0 saturated heterocycles. The minimum absolute atomic E-state index is 0.179. The molecular weight excluding hydrogens is 510 g/mol. The van der Waals surface area contributed by atoms with Crippen LogP contribution in [-0.2, 0) is 4.74 Å². The van der Waals surface area contributed by atoms with Crippen LogP contribution in [0.4, 0.5) is 5.00 Å². The molecule has 4 rings (SSSR count). The van der Waals surface area contributed by atoms with E-state index < -0.39 is 17.5 Å². The number of esters is 1. The van der Waals surface area contributed by atoms with E-state index in [1.54, 1.807) is 30.5 Å². The van der Waals surface area contributed by atoms with Crippen LogP contribution < -0.4 is 15.7 Å². The van der Waals surface area contributed by atoms with Crippen molar-refractivity contribution in [3.05, 3.63) is 79.9 Å². The first-order valence-electron chi connectivity index (χ1n) is 9.89. The van der Waals surface area contributed by atoms with Crippen molar-refractivity contribution in [2.45, 2.75) is 6.92 Å². The number of anilines is 1. The first-order valence-corrected chi connectivity index (χ1v) is 11.6. The Balaban J connectivity index is 1.73. The fraction of sp³-hybridized carbons (Fsp3) is 0.125. The third-order valence-electron chi connectivity index (χ3n) is 4.84. The molecule has 0 atom stereocenters. The number of halogens is 1. The highest BCUT2D eigenvalue weighted by atomic mass is 79.9. The number of carbonyl (C=O) groups is 2. The predicted octanol–water partition coefficient (Wildman–Crippen LogP) is 5.72. The molecule has 0 radical (unpaired) electrons. The Morgan fingerprint density at radius 1 is 1.12 bits per heavy atom. The second kappa shape index (κ2) is 9.60. The molecule has 0 spiro atoms. The molecule has 168 valence electrons. The van der Waals surface area contributed by atoms with Crippen molar-refractivity contribution in [2.24, 2.45) is 0 Å². The highest BCUT2D eigenvalue weighted by molar-refractivity contribution is 9.10. The molecule has 0 aliphatic carbocycles. The molecule has 2 aromatic heterocycles. The molecule has 9 heteroatoms. The average Bonchev–Trinajstić information content (AvgIpc) is 3.22. The minimum atomic E-state index is -0.785. The Bertz CT molecular complexity index is 1410. The number of nitrogens with one attached hydrogen (secondary N) is 1. The molecule has 0 unspecified atom stereocenters. The fourth-order valence-electron chi connectivity index (χ4n) is 3.25. The van der Waals surface area contributed by atoms with Crippen LogP contribution >= 0.6 is 27.3 Å². The molecule has 33 heavy (non-hydrogen) atoms. The van der Waals surface area contributed by atoms with Gasteiger partial charge < -0.3 is 19.2 Å². The number of hydrogen-bond acceptors (Lipinski definition) is 7. The summed E-state index contributed by atoms with van der Waals surface area (Å²) in [6.07, 6.45) is 0. The number of carbonyl (C=O) groups excluding carboxylic acids is 2. The maximum atomic E-state index is 13.0. The van der Waals surface area contributed by atoms with E-state index >= 15 is 0 Å². The van der Waals surface area contributed by atoms with Crippen LogP contribution in [0.25, 0.3) is 22.1 Å². The van der Waals surface area contributed by atoms with Crippen molar-refractivity contribution < 1.29 is 23.5 Å². The molecule has 0 fully saturated rings. The fourth-order valence-corrected chi connectivity index (χ4v) is 4.47. The number of thiophene rings is 1. The normalized spacial score (nSPS) is 10.8. The molecule has 2 aromatic carbocycles. The van der Waals surface area contributed by atoms with Crippen molar-refractivity contribution in [3.8, 4) is 16.9 Å². The van der Waals surface area contributed by atoms with E-state index in [4.69, 9.17) is 13.9 Å². The van der Waals surface area contributed by atoms with Crippen LogP contribution in [0.2, 0.25) is 0 Å². The third-order valence-corrected chi connectivity index (χ3v) is 6.26.